The fourth-order valence-electron chi connectivity index (χ4n) is 2.22. The van der Waals surface area contributed by atoms with Crippen molar-refractivity contribution in [2.24, 2.45) is 0 Å². The summed E-state index contributed by atoms with van der Waals surface area (Å²) in [5.74, 6) is 0.190. The van der Waals surface area contributed by atoms with Gasteiger partial charge in [-0.05, 0) is 50.2 Å². The molecule has 2 rings (SSSR count). The first-order valence-corrected chi connectivity index (χ1v) is 6.05. The van der Waals surface area contributed by atoms with Crippen LogP contribution in [0.15, 0.2) is 18.2 Å². The molecule has 0 fully saturated rings. The van der Waals surface area contributed by atoms with Gasteiger partial charge >= 0.3 is 0 Å². The number of carbonyl (C=O) groups is 1. The Labute approximate surface area is 102 Å². The number of nitrogen functional groups attached to an aromatic ring is 1. The zero-order chi connectivity index (χ0) is 12.3. The Morgan fingerprint density at radius 3 is 3.00 bits per heavy atom. The number of unbranched alkanes of at least 4 members (excludes halogenated alkanes) is 1. The highest BCUT2D eigenvalue weighted by atomic mass is 16.2. The van der Waals surface area contributed by atoms with E-state index < -0.39 is 0 Å². The second-order valence-corrected chi connectivity index (χ2v) is 4.42. The SMILES string of the molecule is CNCCCCN1C(=O)Cc2cc(N)ccc21. The number of amides is 1. The van der Waals surface area contributed by atoms with E-state index >= 15 is 0 Å². The molecule has 0 unspecified atom stereocenters. The summed E-state index contributed by atoms with van der Waals surface area (Å²) in [7, 11) is 1.94. The number of anilines is 2. The van der Waals surface area contributed by atoms with Crippen LogP contribution in [0.2, 0.25) is 0 Å². The summed E-state index contributed by atoms with van der Waals surface area (Å²) >= 11 is 0. The second kappa shape index (κ2) is 5.19. The summed E-state index contributed by atoms with van der Waals surface area (Å²) in [4.78, 5) is 13.8. The molecule has 1 aromatic carbocycles. The first-order chi connectivity index (χ1) is 8.22. The lowest BCUT2D eigenvalue weighted by Gasteiger charge is -2.17. The van der Waals surface area contributed by atoms with Crippen LogP contribution in [0.25, 0.3) is 0 Å². The molecule has 1 aromatic rings. The number of nitrogens with zero attached hydrogens (tertiary/aromatic N) is 1. The van der Waals surface area contributed by atoms with E-state index in [9.17, 15) is 4.79 Å². The van der Waals surface area contributed by atoms with E-state index in [4.69, 9.17) is 5.73 Å². The predicted octanol–water partition coefficient (Wildman–Crippen LogP) is 1.16. The number of fused-ring (bicyclic) bond motifs is 1. The van der Waals surface area contributed by atoms with Crippen molar-refractivity contribution in [3.05, 3.63) is 23.8 Å². The summed E-state index contributed by atoms with van der Waals surface area (Å²) in [6.07, 6.45) is 2.60. The maximum atomic E-state index is 11.9. The minimum Gasteiger partial charge on any atom is -0.399 e. The van der Waals surface area contributed by atoms with Gasteiger partial charge in [-0.2, -0.15) is 0 Å². The maximum Gasteiger partial charge on any atom is 0.231 e. The van der Waals surface area contributed by atoms with Gasteiger partial charge in [0, 0.05) is 17.9 Å². The summed E-state index contributed by atoms with van der Waals surface area (Å²) in [6.45, 7) is 1.80. The van der Waals surface area contributed by atoms with Crippen LogP contribution < -0.4 is 16.0 Å². The Morgan fingerprint density at radius 2 is 2.24 bits per heavy atom. The van der Waals surface area contributed by atoms with Crippen molar-refractivity contribution in [3.8, 4) is 0 Å². The zero-order valence-corrected chi connectivity index (χ0v) is 10.2. The topological polar surface area (TPSA) is 58.4 Å². The highest BCUT2D eigenvalue weighted by molar-refractivity contribution is 6.01. The Morgan fingerprint density at radius 1 is 1.41 bits per heavy atom. The number of nitrogens with two attached hydrogens (primary N) is 1. The summed E-state index contributed by atoms with van der Waals surface area (Å²) in [6, 6.07) is 5.71. The van der Waals surface area contributed by atoms with Crippen molar-refractivity contribution < 1.29 is 4.79 Å². The van der Waals surface area contributed by atoms with Gasteiger partial charge in [0.2, 0.25) is 5.91 Å². The molecule has 0 saturated carbocycles. The molecule has 1 aliphatic heterocycles. The van der Waals surface area contributed by atoms with Crippen molar-refractivity contribution in [1.82, 2.24) is 5.32 Å². The van der Waals surface area contributed by atoms with Crippen molar-refractivity contribution in [3.63, 3.8) is 0 Å². The van der Waals surface area contributed by atoms with E-state index in [-0.39, 0.29) is 5.91 Å². The third-order valence-electron chi connectivity index (χ3n) is 3.10. The number of rotatable bonds is 5. The monoisotopic (exact) mass is 233 g/mol. The van der Waals surface area contributed by atoms with Crippen molar-refractivity contribution in [2.75, 3.05) is 30.8 Å². The fourth-order valence-corrected chi connectivity index (χ4v) is 2.22. The molecule has 0 radical (unpaired) electrons. The Kier molecular flexibility index (Phi) is 3.64. The van der Waals surface area contributed by atoms with Gasteiger partial charge in [0.25, 0.3) is 0 Å². The van der Waals surface area contributed by atoms with Gasteiger partial charge < -0.3 is 16.0 Å². The average Bonchev–Trinajstić information content (AvgIpc) is 2.60. The van der Waals surface area contributed by atoms with Crippen molar-refractivity contribution in [1.29, 1.82) is 0 Å². The molecule has 4 heteroatoms. The number of carbonyl (C=O) groups excluding carboxylic acids is 1. The predicted molar refractivity (Wildman–Crippen MR) is 70.1 cm³/mol. The lowest BCUT2D eigenvalue weighted by atomic mass is 10.1. The van der Waals surface area contributed by atoms with E-state index in [1.807, 2.05) is 30.1 Å². The maximum absolute atomic E-state index is 11.9. The number of hydrogen-bond donors (Lipinski definition) is 2. The molecule has 17 heavy (non-hydrogen) atoms. The van der Waals surface area contributed by atoms with Crippen LogP contribution in [-0.4, -0.2) is 26.0 Å². The first-order valence-electron chi connectivity index (χ1n) is 6.05. The van der Waals surface area contributed by atoms with Gasteiger partial charge in [0.1, 0.15) is 0 Å². The van der Waals surface area contributed by atoms with E-state index in [0.717, 1.165) is 42.9 Å². The van der Waals surface area contributed by atoms with Crippen LogP contribution in [0.1, 0.15) is 18.4 Å². The van der Waals surface area contributed by atoms with E-state index in [0.29, 0.717) is 6.42 Å². The van der Waals surface area contributed by atoms with Crippen LogP contribution in [0.3, 0.4) is 0 Å². The molecule has 1 aliphatic rings. The third-order valence-corrected chi connectivity index (χ3v) is 3.10. The van der Waals surface area contributed by atoms with Gasteiger partial charge in [-0.3, -0.25) is 4.79 Å². The third kappa shape index (κ3) is 2.58. The number of nitrogens with one attached hydrogen (secondary N) is 1. The van der Waals surface area contributed by atoms with Crippen LogP contribution in [-0.2, 0) is 11.2 Å². The lowest BCUT2D eigenvalue weighted by molar-refractivity contribution is -0.117. The van der Waals surface area contributed by atoms with Gasteiger partial charge in [-0.25, -0.2) is 0 Å². The molecule has 0 spiro atoms. The van der Waals surface area contributed by atoms with E-state index in [1.165, 1.54) is 0 Å². The number of hydrogen-bond acceptors (Lipinski definition) is 3. The average molecular weight is 233 g/mol. The zero-order valence-electron chi connectivity index (χ0n) is 10.2. The van der Waals surface area contributed by atoms with Gasteiger partial charge in [0.15, 0.2) is 0 Å². The summed E-state index contributed by atoms with van der Waals surface area (Å²) in [5.41, 5.74) is 8.55. The highest BCUT2D eigenvalue weighted by Gasteiger charge is 2.26. The van der Waals surface area contributed by atoms with E-state index in [2.05, 4.69) is 5.32 Å². The Bertz CT molecular complexity index is 417. The molecule has 0 saturated heterocycles. The Hall–Kier alpha value is -1.55. The van der Waals surface area contributed by atoms with Crippen LogP contribution in [0.5, 0.6) is 0 Å². The van der Waals surface area contributed by atoms with Crippen molar-refractivity contribution >= 4 is 17.3 Å². The standard InChI is InChI=1S/C13H19N3O/c1-15-6-2-3-7-16-12-5-4-11(14)8-10(12)9-13(16)17/h4-5,8,15H,2-3,6-7,9,14H2,1H3. The molecular weight excluding hydrogens is 214 g/mol. The normalized spacial score (nSPS) is 14.2. The van der Waals surface area contributed by atoms with Crippen LogP contribution in [0.4, 0.5) is 11.4 Å². The quantitative estimate of drug-likeness (QED) is 0.592. The van der Waals surface area contributed by atoms with Gasteiger partial charge in [-0.1, -0.05) is 0 Å². The summed E-state index contributed by atoms with van der Waals surface area (Å²) < 4.78 is 0. The second-order valence-electron chi connectivity index (χ2n) is 4.42. The Balaban J connectivity index is 2.02. The van der Waals surface area contributed by atoms with Gasteiger partial charge in [0.05, 0.1) is 6.42 Å². The van der Waals surface area contributed by atoms with Gasteiger partial charge in [-0.15, -0.1) is 0 Å². The van der Waals surface area contributed by atoms with Crippen LogP contribution >= 0.6 is 0 Å². The molecule has 1 heterocycles. The molecule has 0 bridgehead atoms. The largest absolute Gasteiger partial charge is 0.399 e. The molecule has 3 N–H and O–H groups in total. The molecule has 0 aromatic heterocycles. The molecule has 0 aliphatic carbocycles. The fraction of sp³-hybridized carbons (Fsp3) is 0.462. The first kappa shape index (κ1) is 11.9. The van der Waals surface area contributed by atoms with Crippen LogP contribution in [0, 0.1) is 0 Å². The molecule has 0 atom stereocenters. The molecular formula is C13H19N3O. The highest BCUT2D eigenvalue weighted by Crippen LogP contribution is 2.30. The number of benzene rings is 1. The molecule has 1 amide bonds. The minimum absolute atomic E-state index is 0.190. The summed E-state index contributed by atoms with van der Waals surface area (Å²) in [5, 5.41) is 3.11. The van der Waals surface area contributed by atoms with Crippen molar-refractivity contribution in [2.45, 2.75) is 19.3 Å². The molecule has 4 nitrogen and oxygen atoms in total. The van der Waals surface area contributed by atoms with E-state index in [1.54, 1.807) is 0 Å². The molecule has 92 valence electrons. The smallest absolute Gasteiger partial charge is 0.231 e. The lowest BCUT2D eigenvalue weighted by Crippen LogP contribution is -2.28. The minimum atomic E-state index is 0.190.